The summed E-state index contributed by atoms with van der Waals surface area (Å²) in [5, 5.41) is 3.64. The molecule has 0 aromatic heterocycles. The third-order valence-electron chi connectivity index (χ3n) is 5.46. The lowest BCUT2D eigenvalue weighted by Crippen LogP contribution is -2.53. The van der Waals surface area contributed by atoms with E-state index in [-0.39, 0.29) is 5.41 Å². The Labute approximate surface area is 130 Å². The van der Waals surface area contributed by atoms with Crippen molar-refractivity contribution in [3.63, 3.8) is 0 Å². The average molecular weight is 289 g/mol. The Morgan fingerprint density at radius 2 is 2.10 bits per heavy atom. The van der Waals surface area contributed by atoms with Crippen molar-refractivity contribution >= 4 is 0 Å². The first-order chi connectivity index (χ1) is 10.1. The molecule has 1 aliphatic rings. The SMILES string of the molecule is CCCC[C@]1(C)c2cc(OC)ccc2C[C@H](CC)[C@@H]1NC. The van der Waals surface area contributed by atoms with Crippen LogP contribution in [-0.2, 0) is 11.8 Å². The molecular formula is C19H31NO. The van der Waals surface area contributed by atoms with Gasteiger partial charge in [-0.25, -0.2) is 0 Å². The minimum atomic E-state index is 0.202. The molecule has 0 saturated heterocycles. The third-order valence-corrected chi connectivity index (χ3v) is 5.46. The predicted molar refractivity (Wildman–Crippen MR) is 90.2 cm³/mol. The van der Waals surface area contributed by atoms with Gasteiger partial charge in [-0.3, -0.25) is 0 Å². The van der Waals surface area contributed by atoms with Gasteiger partial charge in [0.1, 0.15) is 5.75 Å². The monoisotopic (exact) mass is 289 g/mol. The molecule has 0 amide bonds. The Kier molecular flexibility index (Phi) is 5.32. The molecule has 0 unspecified atom stereocenters. The minimum absolute atomic E-state index is 0.202. The highest BCUT2D eigenvalue weighted by Gasteiger charge is 2.43. The fourth-order valence-electron chi connectivity index (χ4n) is 4.25. The molecule has 0 heterocycles. The Hall–Kier alpha value is -1.02. The summed E-state index contributed by atoms with van der Waals surface area (Å²) >= 11 is 0. The van der Waals surface area contributed by atoms with Gasteiger partial charge in [0.25, 0.3) is 0 Å². The summed E-state index contributed by atoms with van der Waals surface area (Å²) in [4.78, 5) is 0. The summed E-state index contributed by atoms with van der Waals surface area (Å²) < 4.78 is 5.48. The van der Waals surface area contributed by atoms with Crippen molar-refractivity contribution in [3.05, 3.63) is 29.3 Å². The van der Waals surface area contributed by atoms with Gasteiger partial charge in [0.15, 0.2) is 0 Å². The van der Waals surface area contributed by atoms with E-state index in [0.29, 0.717) is 6.04 Å². The molecular weight excluding hydrogens is 258 g/mol. The standard InChI is InChI=1S/C19H31NO/c1-6-8-11-19(3)17-13-16(21-5)10-9-15(17)12-14(7-2)18(19)20-4/h9-10,13-14,18,20H,6-8,11-12H2,1-5H3/t14-,18-,19+/m0/s1. The summed E-state index contributed by atoms with van der Waals surface area (Å²) in [6.45, 7) is 7.05. The third kappa shape index (κ3) is 2.96. The Bertz CT molecular complexity index is 471. The zero-order valence-electron chi connectivity index (χ0n) is 14.3. The van der Waals surface area contributed by atoms with Crippen molar-refractivity contribution < 1.29 is 4.74 Å². The van der Waals surface area contributed by atoms with Crippen molar-refractivity contribution in [2.24, 2.45) is 5.92 Å². The number of benzene rings is 1. The second-order valence-corrected chi connectivity index (χ2v) is 6.68. The van der Waals surface area contributed by atoms with Gasteiger partial charge in [-0.15, -0.1) is 0 Å². The quantitative estimate of drug-likeness (QED) is 0.842. The number of unbranched alkanes of at least 4 members (excludes halogenated alkanes) is 1. The first kappa shape index (κ1) is 16.4. The van der Waals surface area contributed by atoms with Crippen LogP contribution in [0, 0.1) is 5.92 Å². The molecule has 2 heteroatoms. The van der Waals surface area contributed by atoms with Crippen LogP contribution < -0.4 is 10.1 Å². The van der Waals surface area contributed by atoms with Crippen LogP contribution in [0.1, 0.15) is 57.6 Å². The molecule has 0 fully saturated rings. The maximum absolute atomic E-state index is 5.48. The zero-order valence-corrected chi connectivity index (χ0v) is 14.3. The smallest absolute Gasteiger partial charge is 0.119 e. The van der Waals surface area contributed by atoms with Crippen molar-refractivity contribution in [2.75, 3.05) is 14.2 Å². The molecule has 1 aromatic rings. The van der Waals surface area contributed by atoms with Crippen LogP contribution >= 0.6 is 0 Å². The lowest BCUT2D eigenvalue weighted by Gasteiger charge is -2.47. The lowest BCUT2D eigenvalue weighted by molar-refractivity contribution is 0.197. The zero-order chi connectivity index (χ0) is 15.5. The van der Waals surface area contributed by atoms with E-state index < -0.39 is 0 Å². The minimum Gasteiger partial charge on any atom is -0.497 e. The van der Waals surface area contributed by atoms with Crippen molar-refractivity contribution in [2.45, 2.75) is 64.3 Å². The highest BCUT2D eigenvalue weighted by atomic mass is 16.5. The van der Waals surface area contributed by atoms with Crippen LogP contribution in [0.5, 0.6) is 5.75 Å². The second-order valence-electron chi connectivity index (χ2n) is 6.68. The summed E-state index contributed by atoms with van der Waals surface area (Å²) in [6.07, 6.45) is 6.19. The number of hydrogen-bond donors (Lipinski definition) is 1. The van der Waals surface area contributed by atoms with Gasteiger partial charge in [-0.1, -0.05) is 46.1 Å². The number of fused-ring (bicyclic) bond motifs is 1. The molecule has 0 saturated carbocycles. The largest absolute Gasteiger partial charge is 0.497 e. The van der Waals surface area contributed by atoms with Gasteiger partial charge in [0.2, 0.25) is 0 Å². The van der Waals surface area contributed by atoms with Crippen LogP contribution in [-0.4, -0.2) is 20.2 Å². The second kappa shape index (κ2) is 6.83. The molecule has 0 radical (unpaired) electrons. The van der Waals surface area contributed by atoms with Crippen LogP contribution in [0.4, 0.5) is 0 Å². The van der Waals surface area contributed by atoms with E-state index in [9.17, 15) is 0 Å². The number of likely N-dealkylation sites (N-methyl/N-ethyl adjacent to an activating group) is 1. The highest BCUT2D eigenvalue weighted by molar-refractivity contribution is 5.44. The van der Waals surface area contributed by atoms with Crippen LogP contribution in [0.3, 0.4) is 0 Å². The summed E-state index contributed by atoms with van der Waals surface area (Å²) in [5.74, 6) is 1.71. The fourth-order valence-corrected chi connectivity index (χ4v) is 4.25. The first-order valence-corrected chi connectivity index (χ1v) is 8.45. The number of rotatable bonds is 6. The van der Waals surface area contributed by atoms with E-state index >= 15 is 0 Å². The number of hydrogen-bond acceptors (Lipinski definition) is 2. The van der Waals surface area contributed by atoms with Crippen molar-refractivity contribution in [1.82, 2.24) is 5.32 Å². The Morgan fingerprint density at radius 1 is 1.33 bits per heavy atom. The molecule has 3 atom stereocenters. The Morgan fingerprint density at radius 3 is 2.67 bits per heavy atom. The van der Waals surface area contributed by atoms with Crippen LogP contribution in [0.15, 0.2) is 18.2 Å². The van der Waals surface area contributed by atoms with Gasteiger partial charge < -0.3 is 10.1 Å². The van der Waals surface area contributed by atoms with E-state index in [1.807, 2.05) is 0 Å². The molecule has 0 spiro atoms. The van der Waals surface area contributed by atoms with Gasteiger partial charge in [0, 0.05) is 11.5 Å². The van der Waals surface area contributed by atoms with E-state index in [1.165, 1.54) is 43.2 Å². The Balaban J connectivity index is 2.50. The van der Waals surface area contributed by atoms with Gasteiger partial charge >= 0.3 is 0 Å². The predicted octanol–water partition coefficient (Wildman–Crippen LogP) is 4.31. The average Bonchev–Trinajstić information content (AvgIpc) is 2.52. The molecule has 1 N–H and O–H groups in total. The summed E-state index contributed by atoms with van der Waals surface area (Å²) in [6, 6.07) is 7.23. The molecule has 21 heavy (non-hydrogen) atoms. The molecule has 2 nitrogen and oxygen atoms in total. The fraction of sp³-hybridized carbons (Fsp3) is 0.684. The molecule has 2 rings (SSSR count). The molecule has 1 aliphatic carbocycles. The van der Waals surface area contributed by atoms with E-state index in [2.05, 4.69) is 51.3 Å². The van der Waals surface area contributed by atoms with Crippen LogP contribution in [0.2, 0.25) is 0 Å². The van der Waals surface area contributed by atoms with Crippen molar-refractivity contribution in [1.29, 1.82) is 0 Å². The van der Waals surface area contributed by atoms with E-state index in [4.69, 9.17) is 4.74 Å². The normalized spacial score (nSPS) is 28.2. The molecule has 1 aromatic carbocycles. The maximum atomic E-state index is 5.48. The van der Waals surface area contributed by atoms with E-state index in [0.717, 1.165) is 11.7 Å². The molecule has 0 bridgehead atoms. The number of methoxy groups -OCH3 is 1. The topological polar surface area (TPSA) is 21.3 Å². The van der Waals surface area contributed by atoms with E-state index in [1.54, 1.807) is 7.11 Å². The maximum Gasteiger partial charge on any atom is 0.119 e. The van der Waals surface area contributed by atoms with Gasteiger partial charge in [-0.05, 0) is 49.1 Å². The summed E-state index contributed by atoms with van der Waals surface area (Å²) in [7, 11) is 3.89. The molecule has 118 valence electrons. The first-order valence-electron chi connectivity index (χ1n) is 8.45. The lowest BCUT2D eigenvalue weighted by atomic mass is 9.61. The highest BCUT2D eigenvalue weighted by Crippen LogP contribution is 2.45. The van der Waals surface area contributed by atoms with Gasteiger partial charge in [-0.2, -0.15) is 0 Å². The van der Waals surface area contributed by atoms with Crippen molar-refractivity contribution in [3.8, 4) is 5.75 Å². The van der Waals surface area contributed by atoms with Crippen LogP contribution in [0.25, 0.3) is 0 Å². The number of ether oxygens (including phenoxy) is 1. The number of nitrogens with one attached hydrogen (secondary N) is 1. The summed E-state index contributed by atoms with van der Waals surface area (Å²) in [5.41, 5.74) is 3.22. The van der Waals surface area contributed by atoms with Gasteiger partial charge in [0.05, 0.1) is 7.11 Å². The molecule has 0 aliphatic heterocycles.